The van der Waals surface area contributed by atoms with Gasteiger partial charge in [0.1, 0.15) is 5.75 Å². The number of amides is 1. The number of methoxy groups -OCH3 is 1. The molecule has 170 valence electrons. The molecule has 1 atom stereocenters. The molecule has 5 nitrogen and oxygen atoms in total. The van der Waals surface area contributed by atoms with E-state index in [0.29, 0.717) is 24.1 Å². The number of carbonyl (C=O) groups excluding carboxylic acids is 1. The van der Waals surface area contributed by atoms with E-state index in [-0.39, 0.29) is 24.4 Å². The van der Waals surface area contributed by atoms with E-state index < -0.39 is 0 Å². The fourth-order valence-electron chi connectivity index (χ4n) is 3.88. The van der Waals surface area contributed by atoms with Gasteiger partial charge in [-0.3, -0.25) is 4.79 Å². The molecule has 0 radical (unpaired) electrons. The molecule has 0 saturated carbocycles. The molecule has 2 aromatic carbocycles. The van der Waals surface area contributed by atoms with Gasteiger partial charge in [-0.25, -0.2) is 0 Å². The highest BCUT2D eigenvalue weighted by Gasteiger charge is 2.22. The molecule has 1 fully saturated rings. The van der Waals surface area contributed by atoms with E-state index in [2.05, 4.69) is 24.1 Å². The van der Waals surface area contributed by atoms with Crippen molar-refractivity contribution in [3.05, 3.63) is 65.7 Å². The van der Waals surface area contributed by atoms with Crippen molar-refractivity contribution in [1.29, 1.82) is 0 Å². The second-order valence-electron chi connectivity index (χ2n) is 8.28. The van der Waals surface area contributed by atoms with Crippen molar-refractivity contribution in [3.63, 3.8) is 0 Å². The van der Waals surface area contributed by atoms with Gasteiger partial charge < -0.3 is 19.7 Å². The van der Waals surface area contributed by atoms with Crippen molar-refractivity contribution in [2.24, 2.45) is 5.92 Å². The molecule has 0 bridgehead atoms. The fourth-order valence-corrected chi connectivity index (χ4v) is 3.88. The van der Waals surface area contributed by atoms with Crippen LogP contribution in [0.4, 0.5) is 0 Å². The standard InChI is InChI=1S/C25H34N2O3.ClH/c1-19(2)27-15-13-20(14-16-27)17-30-18-24(21-7-5-4-6-8-21)26-25(28)22-9-11-23(29-3)12-10-22;/h4-12,19-20,24H,13-18H2,1-3H3,(H,26,28);1H/t24-;/m0./s1. The lowest BCUT2D eigenvalue weighted by molar-refractivity contribution is 0.0473. The van der Waals surface area contributed by atoms with E-state index in [1.807, 2.05) is 30.3 Å². The van der Waals surface area contributed by atoms with E-state index in [1.54, 1.807) is 31.4 Å². The van der Waals surface area contributed by atoms with Crippen LogP contribution in [0.1, 0.15) is 48.7 Å². The number of halogens is 1. The van der Waals surface area contributed by atoms with Crippen LogP contribution in [0, 0.1) is 5.92 Å². The topological polar surface area (TPSA) is 50.8 Å². The maximum absolute atomic E-state index is 12.8. The van der Waals surface area contributed by atoms with E-state index in [9.17, 15) is 4.79 Å². The van der Waals surface area contributed by atoms with Crippen molar-refractivity contribution >= 4 is 18.3 Å². The quantitative estimate of drug-likeness (QED) is 0.605. The predicted molar refractivity (Wildman–Crippen MR) is 127 cm³/mol. The number of hydrogen-bond acceptors (Lipinski definition) is 4. The van der Waals surface area contributed by atoms with E-state index in [0.717, 1.165) is 31.0 Å². The number of hydrogen-bond donors (Lipinski definition) is 1. The van der Waals surface area contributed by atoms with Gasteiger partial charge in [0.05, 0.1) is 19.8 Å². The van der Waals surface area contributed by atoms with Crippen molar-refractivity contribution in [3.8, 4) is 5.75 Å². The zero-order valence-electron chi connectivity index (χ0n) is 18.8. The van der Waals surface area contributed by atoms with E-state index in [4.69, 9.17) is 9.47 Å². The van der Waals surface area contributed by atoms with Gasteiger partial charge in [0.25, 0.3) is 5.91 Å². The number of likely N-dealkylation sites (tertiary alicyclic amines) is 1. The Kier molecular flexibility index (Phi) is 10.3. The van der Waals surface area contributed by atoms with Gasteiger partial charge in [-0.15, -0.1) is 12.4 Å². The summed E-state index contributed by atoms with van der Waals surface area (Å²) in [7, 11) is 1.62. The molecule has 0 unspecified atom stereocenters. The van der Waals surface area contributed by atoms with Crippen molar-refractivity contribution in [2.75, 3.05) is 33.4 Å². The van der Waals surface area contributed by atoms with Crippen LogP contribution in [0.5, 0.6) is 5.75 Å². The molecule has 6 heteroatoms. The van der Waals surface area contributed by atoms with Gasteiger partial charge in [-0.05, 0) is 75.5 Å². The van der Waals surface area contributed by atoms with Crippen LogP contribution in [-0.2, 0) is 4.74 Å². The lowest BCUT2D eigenvalue weighted by atomic mass is 9.97. The Morgan fingerprint density at radius 1 is 1.06 bits per heavy atom. The molecule has 0 aromatic heterocycles. The van der Waals surface area contributed by atoms with E-state index >= 15 is 0 Å². The molecule has 3 rings (SSSR count). The Bertz CT molecular complexity index is 775. The molecule has 31 heavy (non-hydrogen) atoms. The summed E-state index contributed by atoms with van der Waals surface area (Å²) in [6.45, 7) is 8.01. The zero-order chi connectivity index (χ0) is 21.3. The van der Waals surface area contributed by atoms with Gasteiger partial charge in [0.2, 0.25) is 0 Å². The molecule has 1 saturated heterocycles. The first-order valence-electron chi connectivity index (χ1n) is 10.9. The van der Waals surface area contributed by atoms with Crippen LogP contribution in [0.15, 0.2) is 54.6 Å². The third kappa shape index (κ3) is 7.53. The number of carbonyl (C=O) groups is 1. The minimum Gasteiger partial charge on any atom is -0.497 e. The highest BCUT2D eigenvalue weighted by atomic mass is 35.5. The monoisotopic (exact) mass is 446 g/mol. The Morgan fingerprint density at radius 2 is 1.71 bits per heavy atom. The van der Waals surface area contributed by atoms with Gasteiger partial charge in [-0.2, -0.15) is 0 Å². The minimum absolute atomic E-state index is 0. The fraction of sp³-hybridized carbons (Fsp3) is 0.480. The van der Waals surface area contributed by atoms with E-state index in [1.165, 1.54) is 12.8 Å². The zero-order valence-corrected chi connectivity index (χ0v) is 19.6. The average Bonchev–Trinajstić information content (AvgIpc) is 2.79. The SMILES string of the molecule is COc1ccc(C(=O)N[C@@H](COCC2CCN(C(C)C)CC2)c2ccccc2)cc1.Cl. The molecule has 0 aliphatic carbocycles. The lowest BCUT2D eigenvalue weighted by Gasteiger charge is -2.34. The number of rotatable bonds is 9. The molecular formula is C25H35ClN2O3. The van der Waals surface area contributed by atoms with Gasteiger partial charge in [0.15, 0.2) is 0 Å². The smallest absolute Gasteiger partial charge is 0.251 e. The minimum atomic E-state index is -0.184. The van der Waals surface area contributed by atoms with Crippen LogP contribution in [-0.4, -0.2) is 50.3 Å². The summed E-state index contributed by atoms with van der Waals surface area (Å²) in [5.41, 5.74) is 1.66. The van der Waals surface area contributed by atoms with Crippen LogP contribution in [0.25, 0.3) is 0 Å². The first-order valence-corrected chi connectivity index (χ1v) is 10.9. The number of nitrogens with one attached hydrogen (secondary N) is 1. The molecule has 1 heterocycles. The van der Waals surface area contributed by atoms with Crippen molar-refractivity contribution < 1.29 is 14.3 Å². The number of piperidine rings is 1. The maximum Gasteiger partial charge on any atom is 0.251 e. The van der Waals surface area contributed by atoms with Crippen LogP contribution in [0.2, 0.25) is 0 Å². The Labute approximate surface area is 192 Å². The molecule has 1 amide bonds. The van der Waals surface area contributed by atoms with Crippen LogP contribution >= 0.6 is 12.4 Å². The predicted octanol–water partition coefficient (Wildman–Crippen LogP) is 4.73. The molecule has 1 aliphatic rings. The summed E-state index contributed by atoms with van der Waals surface area (Å²) in [5.74, 6) is 1.21. The summed E-state index contributed by atoms with van der Waals surface area (Å²) in [6, 6.07) is 17.6. The second kappa shape index (κ2) is 12.7. The Balaban J connectivity index is 0.00000341. The number of ether oxygens (including phenoxy) is 2. The molecule has 1 aliphatic heterocycles. The summed E-state index contributed by atoms with van der Waals surface area (Å²) in [4.78, 5) is 15.3. The highest BCUT2D eigenvalue weighted by molar-refractivity contribution is 5.94. The van der Waals surface area contributed by atoms with Gasteiger partial charge in [0, 0.05) is 18.2 Å². The van der Waals surface area contributed by atoms with Gasteiger partial charge >= 0.3 is 0 Å². The summed E-state index contributed by atoms with van der Waals surface area (Å²) >= 11 is 0. The number of benzene rings is 2. The summed E-state index contributed by atoms with van der Waals surface area (Å²) < 4.78 is 11.3. The van der Waals surface area contributed by atoms with Crippen molar-refractivity contribution in [1.82, 2.24) is 10.2 Å². The summed E-state index contributed by atoms with van der Waals surface area (Å²) in [5, 5.41) is 3.13. The largest absolute Gasteiger partial charge is 0.497 e. The lowest BCUT2D eigenvalue weighted by Crippen LogP contribution is -2.39. The average molecular weight is 447 g/mol. The molecular weight excluding hydrogens is 412 g/mol. The normalized spacial score (nSPS) is 15.9. The highest BCUT2D eigenvalue weighted by Crippen LogP contribution is 2.21. The summed E-state index contributed by atoms with van der Waals surface area (Å²) in [6.07, 6.45) is 2.35. The Hall–Kier alpha value is -2.08. The molecule has 1 N–H and O–H groups in total. The third-order valence-corrected chi connectivity index (χ3v) is 5.88. The molecule has 0 spiro atoms. The Morgan fingerprint density at radius 3 is 2.29 bits per heavy atom. The van der Waals surface area contributed by atoms with Gasteiger partial charge in [-0.1, -0.05) is 30.3 Å². The van der Waals surface area contributed by atoms with Crippen LogP contribution < -0.4 is 10.1 Å². The van der Waals surface area contributed by atoms with Crippen molar-refractivity contribution in [2.45, 2.75) is 38.8 Å². The number of nitrogens with zero attached hydrogens (tertiary/aromatic N) is 1. The first kappa shape index (κ1) is 25.2. The molecule has 2 aromatic rings. The first-order chi connectivity index (χ1) is 14.6. The maximum atomic E-state index is 12.8. The second-order valence-corrected chi connectivity index (χ2v) is 8.28. The third-order valence-electron chi connectivity index (χ3n) is 5.88. The van der Waals surface area contributed by atoms with Crippen LogP contribution in [0.3, 0.4) is 0 Å².